The van der Waals surface area contributed by atoms with Crippen molar-refractivity contribution in [1.29, 1.82) is 0 Å². The minimum Gasteiger partial charge on any atom is -0.345 e. The zero-order chi connectivity index (χ0) is 13.8. The van der Waals surface area contributed by atoms with Crippen molar-refractivity contribution in [3.63, 3.8) is 0 Å². The van der Waals surface area contributed by atoms with Crippen molar-refractivity contribution >= 4 is 0 Å². The summed E-state index contributed by atoms with van der Waals surface area (Å²) in [6.07, 6.45) is 1.01. The molecule has 0 spiro atoms. The van der Waals surface area contributed by atoms with E-state index in [1.165, 1.54) is 12.1 Å². The van der Waals surface area contributed by atoms with Gasteiger partial charge in [-0.15, -0.1) is 0 Å². The minimum absolute atomic E-state index is 0.233. The van der Waals surface area contributed by atoms with Gasteiger partial charge in [0.25, 0.3) is 0 Å². The zero-order valence-electron chi connectivity index (χ0n) is 11.6. The Hall–Kier alpha value is -1.68. The Kier molecular flexibility index (Phi) is 4.32. The van der Waals surface area contributed by atoms with E-state index in [1.54, 1.807) is 6.07 Å². The number of H-pyrrole nitrogens is 1. The predicted molar refractivity (Wildman–Crippen MR) is 75.7 cm³/mol. The molecule has 102 valence electrons. The Labute approximate surface area is 113 Å². The molecule has 2 rings (SSSR count). The number of benzene rings is 1. The Balaban J connectivity index is 2.35. The zero-order valence-corrected chi connectivity index (χ0v) is 11.6. The lowest BCUT2D eigenvalue weighted by molar-refractivity contribution is 0.585. The number of halogens is 1. The highest BCUT2D eigenvalue weighted by molar-refractivity contribution is 5.61. The van der Waals surface area contributed by atoms with Crippen molar-refractivity contribution in [1.82, 2.24) is 15.3 Å². The van der Waals surface area contributed by atoms with Crippen molar-refractivity contribution in [3.8, 4) is 11.3 Å². The number of hydrogen-bond acceptors (Lipinski definition) is 2. The van der Waals surface area contributed by atoms with Crippen LogP contribution in [0.25, 0.3) is 11.3 Å². The molecule has 0 amide bonds. The van der Waals surface area contributed by atoms with Crippen LogP contribution in [-0.4, -0.2) is 23.6 Å². The minimum atomic E-state index is -0.233. The monoisotopic (exact) mass is 261 g/mol. The van der Waals surface area contributed by atoms with Gasteiger partial charge in [-0.2, -0.15) is 0 Å². The quantitative estimate of drug-likeness (QED) is 0.867. The highest BCUT2D eigenvalue weighted by atomic mass is 19.1. The Morgan fingerprint density at radius 3 is 2.84 bits per heavy atom. The van der Waals surface area contributed by atoms with E-state index in [0.717, 1.165) is 35.7 Å². The lowest BCUT2D eigenvalue weighted by atomic mass is 10.1. The SMILES string of the molecule is CCC(CNC)c1nc(-c2cccc(F)c2)c(C)[nH]1. The van der Waals surface area contributed by atoms with E-state index in [4.69, 9.17) is 0 Å². The third kappa shape index (κ3) is 3.01. The van der Waals surface area contributed by atoms with Gasteiger partial charge in [-0.25, -0.2) is 9.37 Å². The molecule has 0 saturated heterocycles. The first kappa shape index (κ1) is 13.7. The molecule has 0 aliphatic heterocycles. The van der Waals surface area contributed by atoms with Gasteiger partial charge in [0.2, 0.25) is 0 Å². The first-order valence-corrected chi connectivity index (χ1v) is 6.62. The molecule has 0 radical (unpaired) electrons. The van der Waals surface area contributed by atoms with Crippen LogP contribution in [0.15, 0.2) is 24.3 Å². The second-order valence-electron chi connectivity index (χ2n) is 4.77. The van der Waals surface area contributed by atoms with Crippen LogP contribution >= 0.6 is 0 Å². The first-order valence-electron chi connectivity index (χ1n) is 6.62. The number of aromatic amines is 1. The van der Waals surface area contributed by atoms with Gasteiger partial charge in [-0.05, 0) is 32.5 Å². The second kappa shape index (κ2) is 5.97. The maximum Gasteiger partial charge on any atom is 0.123 e. The Morgan fingerprint density at radius 2 is 2.21 bits per heavy atom. The van der Waals surface area contributed by atoms with Crippen LogP contribution in [0.5, 0.6) is 0 Å². The highest BCUT2D eigenvalue weighted by Gasteiger charge is 2.16. The first-order chi connectivity index (χ1) is 9.15. The molecule has 2 aromatic rings. The number of aromatic nitrogens is 2. The van der Waals surface area contributed by atoms with E-state index < -0.39 is 0 Å². The molecular formula is C15H20FN3. The topological polar surface area (TPSA) is 40.7 Å². The predicted octanol–water partition coefficient (Wildman–Crippen LogP) is 3.24. The standard InChI is InChI=1S/C15H20FN3/c1-4-11(9-17-3)15-18-10(2)14(19-15)12-6-5-7-13(16)8-12/h5-8,11,17H,4,9H2,1-3H3,(H,18,19). The number of nitrogens with one attached hydrogen (secondary N) is 2. The largest absolute Gasteiger partial charge is 0.345 e. The average Bonchev–Trinajstić information content (AvgIpc) is 2.78. The van der Waals surface area contributed by atoms with Crippen LogP contribution in [0.2, 0.25) is 0 Å². The number of nitrogens with zero attached hydrogens (tertiary/aromatic N) is 1. The van der Waals surface area contributed by atoms with E-state index in [0.29, 0.717) is 5.92 Å². The molecule has 3 nitrogen and oxygen atoms in total. The lowest BCUT2D eigenvalue weighted by Crippen LogP contribution is -2.17. The Bertz CT molecular complexity index is 548. The van der Waals surface area contributed by atoms with Gasteiger partial charge < -0.3 is 10.3 Å². The van der Waals surface area contributed by atoms with Gasteiger partial charge in [-0.1, -0.05) is 19.1 Å². The summed E-state index contributed by atoms with van der Waals surface area (Å²) < 4.78 is 13.3. The van der Waals surface area contributed by atoms with Crippen LogP contribution in [0.4, 0.5) is 4.39 Å². The summed E-state index contributed by atoms with van der Waals surface area (Å²) in [6.45, 7) is 5.00. The fourth-order valence-electron chi connectivity index (χ4n) is 2.27. The van der Waals surface area contributed by atoms with Crippen LogP contribution in [0, 0.1) is 12.7 Å². The molecular weight excluding hydrogens is 241 g/mol. The van der Waals surface area contributed by atoms with Gasteiger partial charge in [0.05, 0.1) is 5.69 Å². The van der Waals surface area contributed by atoms with E-state index in [9.17, 15) is 4.39 Å². The maximum absolute atomic E-state index is 13.3. The molecule has 0 bridgehead atoms. The van der Waals surface area contributed by atoms with Crippen molar-refractivity contribution in [2.75, 3.05) is 13.6 Å². The fraction of sp³-hybridized carbons (Fsp3) is 0.400. The molecule has 1 heterocycles. The van der Waals surface area contributed by atoms with Gasteiger partial charge in [-0.3, -0.25) is 0 Å². The summed E-state index contributed by atoms with van der Waals surface area (Å²) in [4.78, 5) is 7.97. The summed E-state index contributed by atoms with van der Waals surface area (Å²) in [5, 5.41) is 3.17. The summed E-state index contributed by atoms with van der Waals surface area (Å²) in [5.74, 6) is 1.09. The normalized spacial score (nSPS) is 12.6. The molecule has 0 saturated carbocycles. The van der Waals surface area contributed by atoms with Gasteiger partial charge >= 0.3 is 0 Å². The maximum atomic E-state index is 13.3. The summed E-state index contributed by atoms with van der Waals surface area (Å²) in [5.41, 5.74) is 2.64. The van der Waals surface area contributed by atoms with E-state index >= 15 is 0 Å². The molecule has 4 heteroatoms. The van der Waals surface area contributed by atoms with Crippen molar-refractivity contribution in [2.45, 2.75) is 26.2 Å². The number of likely N-dealkylation sites (N-methyl/N-ethyl adjacent to an activating group) is 1. The van der Waals surface area contributed by atoms with Crippen LogP contribution in [0.3, 0.4) is 0 Å². The van der Waals surface area contributed by atoms with E-state index in [-0.39, 0.29) is 5.82 Å². The van der Waals surface area contributed by atoms with Gasteiger partial charge in [0, 0.05) is 23.7 Å². The molecule has 1 unspecified atom stereocenters. The molecule has 1 aromatic carbocycles. The van der Waals surface area contributed by atoms with E-state index in [2.05, 4.69) is 22.2 Å². The lowest BCUT2D eigenvalue weighted by Gasteiger charge is -2.10. The number of aryl methyl sites for hydroxylation is 1. The number of rotatable bonds is 5. The van der Waals surface area contributed by atoms with Crippen molar-refractivity contribution < 1.29 is 4.39 Å². The van der Waals surface area contributed by atoms with E-state index in [1.807, 2.05) is 20.0 Å². The highest BCUT2D eigenvalue weighted by Crippen LogP contribution is 2.25. The average molecular weight is 261 g/mol. The van der Waals surface area contributed by atoms with Gasteiger partial charge in [0.1, 0.15) is 11.6 Å². The summed E-state index contributed by atoms with van der Waals surface area (Å²) in [6, 6.07) is 6.56. The third-order valence-corrected chi connectivity index (χ3v) is 3.33. The molecule has 0 aliphatic carbocycles. The molecule has 0 fully saturated rings. The molecule has 19 heavy (non-hydrogen) atoms. The molecule has 1 atom stereocenters. The van der Waals surface area contributed by atoms with Crippen LogP contribution < -0.4 is 5.32 Å². The fourth-order valence-corrected chi connectivity index (χ4v) is 2.27. The molecule has 1 aromatic heterocycles. The second-order valence-corrected chi connectivity index (χ2v) is 4.77. The smallest absolute Gasteiger partial charge is 0.123 e. The number of hydrogen-bond donors (Lipinski definition) is 2. The Morgan fingerprint density at radius 1 is 1.42 bits per heavy atom. The van der Waals surface area contributed by atoms with Crippen LogP contribution in [-0.2, 0) is 0 Å². The summed E-state index contributed by atoms with van der Waals surface area (Å²) in [7, 11) is 1.94. The van der Waals surface area contributed by atoms with Crippen molar-refractivity contribution in [2.24, 2.45) is 0 Å². The van der Waals surface area contributed by atoms with Crippen molar-refractivity contribution in [3.05, 3.63) is 41.6 Å². The molecule has 0 aliphatic rings. The van der Waals surface area contributed by atoms with Gasteiger partial charge in [0.15, 0.2) is 0 Å². The summed E-state index contributed by atoms with van der Waals surface area (Å²) >= 11 is 0. The number of imidazole rings is 1. The third-order valence-electron chi connectivity index (χ3n) is 3.33. The van der Waals surface area contributed by atoms with Crippen LogP contribution in [0.1, 0.15) is 30.8 Å². The molecule has 2 N–H and O–H groups in total.